The van der Waals surface area contributed by atoms with Crippen LogP contribution in [0.15, 0.2) is 0 Å². The molecular weight excluding hydrogens is 196 g/mol. The molecule has 1 unspecified atom stereocenters. The predicted molar refractivity (Wildman–Crippen MR) is 57.1 cm³/mol. The number of ether oxygens (including phenoxy) is 1. The number of esters is 1. The highest BCUT2D eigenvalue weighted by atomic mass is 16.5. The Labute approximate surface area is 90.4 Å². The zero-order valence-corrected chi connectivity index (χ0v) is 9.41. The number of hydrogen-bond acceptors (Lipinski definition) is 4. The molecule has 0 saturated heterocycles. The fourth-order valence-electron chi connectivity index (χ4n) is 1.12. The summed E-state index contributed by atoms with van der Waals surface area (Å²) >= 11 is 0. The normalized spacial score (nSPS) is 11.9. The molecule has 15 heavy (non-hydrogen) atoms. The summed E-state index contributed by atoms with van der Waals surface area (Å²) < 4.78 is 4.47. The van der Waals surface area contributed by atoms with Crippen LogP contribution in [0.5, 0.6) is 0 Å². The van der Waals surface area contributed by atoms with Gasteiger partial charge in [0.25, 0.3) is 0 Å². The van der Waals surface area contributed by atoms with Crippen molar-refractivity contribution < 1.29 is 14.3 Å². The summed E-state index contributed by atoms with van der Waals surface area (Å²) in [5, 5.41) is 2.67. The van der Waals surface area contributed by atoms with E-state index < -0.39 is 6.04 Å². The maximum Gasteiger partial charge on any atom is 0.305 e. The molecule has 0 aliphatic heterocycles. The predicted octanol–water partition coefficient (Wildman–Crippen LogP) is 0.183. The van der Waals surface area contributed by atoms with E-state index in [0.29, 0.717) is 25.8 Å². The molecule has 1 atom stereocenters. The van der Waals surface area contributed by atoms with Crippen LogP contribution in [0.1, 0.15) is 32.6 Å². The van der Waals surface area contributed by atoms with Crippen LogP contribution in [-0.4, -0.2) is 31.6 Å². The number of amides is 1. The lowest BCUT2D eigenvalue weighted by molar-refractivity contribution is -0.140. The number of rotatable bonds is 7. The lowest BCUT2D eigenvalue weighted by atomic mass is 10.1. The van der Waals surface area contributed by atoms with Crippen molar-refractivity contribution in [1.82, 2.24) is 5.32 Å². The Kier molecular flexibility index (Phi) is 7.62. The Hall–Kier alpha value is -1.10. The zero-order valence-electron chi connectivity index (χ0n) is 9.41. The summed E-state index contributed by atoms with van der Waals surface area (Å²) in [6, 6.07) is -0.437. The zero-order chi connectivity index (χ0) is 11.7. The maximum atomic E-state index is 11.3. The van der Waals surface area contributed by atoms with Crippen LogP contribution >= 0.6 is 0 Å². The number of hydrogen-bond donors (Lipinski definition) is 2. The minimum atomic E-state index is -0.437. The standard InChI is InChI=1S/C10H20N2O3/c1-3-5-8(11)10(14)12-7-4-6-9(13)15-2/h8H,3-7,11H2,1-2H3,(H,12,14). The smallest absolute Gasteiger partial charge is 0.305 e. The van der Waals surface area contributed by atoms with E-state index in [1.54, 1.807) is 0 Å². The van der Waals surface area contributed by atoms with Crippen molar-refractivity contribution in [2.75, 3.05) is 13.7 Å². The fourth-order valence-corrected chi connectivity index (χ4v) is 1.12. The molecule has 3 N–H and O–H groups in total. The van der Waals surface area contributed by atoms with Gasteiger partial charge in [-0.25, -0.2) is 0 Å². The lowest BCUT2D eigenvalue weighted by Crippen LogP contribution is -2.40. The molecule has 0 aliphatic rings. The van der Waals surface area contributed by atoms with Gasteiger partial charge in [0.1, 0.15) is 0 Å². The monoisotopic (exact) mass is 216 g/mol. The molecule has 0 aromatic carbocycles. The number of carbonyl (C=O) groups excluding carboxylic acids is 2. The van der Waals surface area contributed by atoms with Gasteiger partial charge in [-0.2, -0.15) is 0 Å². The van der Waals surface area contributed by atoms with E-state index >= 15 is 0 Å². The molecule has 0 saturated carbocycles. The highest BCUT2D eigenvalue weighted by molar-refractivity contribution is 5.81. The SMILES string of the molecule is CCCC(N)C(=O)NCCCC(=O)OC. The molecule has 0 heterocycles. The van der Waals surface area contributed by atoms with Crippen LogP contribution in [-0.2, 0) is 14.3 Å². The first-order valence-electron chi connectivity index (χ1n) is 5.22. The summed E-state index contributed by atoms with van der Waals surface area (Å²) in [4.78, 5) is 22.0. The average Bonchev–Trinajstić information content (AvgIpc) is 2.23. The van der Waals surface area contributed by atoms with Crippen LogP contribution in [0.4, 0.5) is 0 Å². The first-order valence-corrected chi connectivity index (χ1v) is 5.22. The van der Waals surface area contributed by atoms with Crippen LogP contribution in [0.25, 0.3) is 0 Å². The van der Waals surface area contributed by atoms with Crippen LogP contribution < -0.4 is 11.1 Å². The summed E-state index contributed by atoms with van der Waals surface area (Å²) in [5.41, 5.74) is 5.59. The quantitative estimate of drug-likeness (QED) is 0.470. The molecule has 88 valence electrons. The average molecular weight is 216 g/mol. The van der Waals surface area contributed by atoms with Crippen molar-refractivity contribution >= 4 is 11.9 Å². The van der Waals surface area contributed by atoms with Crippen LogP contribution in [0.2, 0.25) is 0 Å². The summed E-state index contributed by atoms with van der Waals surface area (Å²) in [5.74, 6) is -0.413. The number of nitrogens with one attached hydrogen (secondary N) is 1. The minimum Gasteiger partial charge on any atom is -0.469 e. The Balaban J connectivity index is 3.50. The fraction of sp³-hybridized carbons (Fsp3) is 0.800. The van der Waals surface area contributed by atoms with Gasteiger partial charge in [0, 0.05) is 13.0 Å². The lowest BCUT2D eigenvalue weighted by Gasteiger charge is -2.10. The van der Waals surface area contributed by atoms with E-state index in [9.17, 15) is 9.59 Å². The van der Waals surface area contributed by atoms with Gasteiger partial charge >= 0.3 is 5.97 Å². The molecule has 0 spiro atoms. The third-order valence-electron chi connectivity index (χ3n) is 2.02. The van der Waals surface area contributed by atoms with Gasteiger partial charge in [0.05, 0.1) is 13.2 Å². The second kappa shape index (κ2) is 8.23. The second-order valence-electron chi connectivity index (χ2n) is 3.37. The van der Waals surface area contributed by atoms with Gasteiger partial charge in [0.2, 0.25) is 5.91 Å². The van der Waals surface area contributed by atoms with E-state index in [1.807, 2.05) is 6.92 Å². The van der Waals surface area contributed by atoms with Crippen molar-refractivity contribution in [2.24, 2.45) is 5.73 Å². The van der Waals surface area contributed by atoms with Crippen molar-refractivity contribution in [3.8, 4) is 0 Å². The molecule has 0 rings (SSSR count). The molecule has 5 heteroatoms. The van der Waals surface area contributed by atoms with Gasteiger partial charge < -0.3 is 15.8 Å². The van der Waals surface area contributed by atoms with E-state index in [0.717, 1.165) is 6.42 Å². The Morgan fingerprint density at radius 2 is 2.13 bits per heavy atom. The summed E-state index contributed by atoms with van der Waals surface area (Å²) in [6.07, 6.45) is 2.47. The Morgan fingerprint density at radius 1 is 1.47 bits per heavy atom. The van der Waals surface area contributed by atoms with Crippen LogP contribution in [0, 0.1) is 0 Å². The molecular formula is C10H20N2O3. The number of methoxy groups -OCH3 is 1. The minimum absolute atomic E-state index is 0.151. The van der Waals surface area contributed by atoms with Crippen LogP contribution in [0.3, 0.4) is 0 Å². The highest BCUT2D eigenvalue weighted by Gasteiger charge is 2.11. The van der Waals surface area contributed by atoms with Crippen molar-refractivity contribution in [1.29, 1.82) is 0 Å². The van der Waals surface area contributed by atoms with Gasteiger partial charge in [-0.1, -0.05) is 13.3 Å². The van der Waals surface area contributed by atoms with Crippen molar-refractivity contribution in [3.63, 3.8) is 0 Å². The first-order chi connectivity index (χ1) is 7.11. The molecule has 5 nitrogen and oxygen atoms in total. The molecule has 0 radical (unpaired) electrons. The van der Waals surface area contributed by atoms with Gasteiger partial charge in [-0.3, -0.25) is 9.59 Å². The molecule has 0 fully saturated rings. The largest absolute Gasteiger partial charge is 0.469 e. The third kappa shape index (κ3) is 6.90. The topological polar surface area (TPSA) is 81.4 Å². The van der Waals surface area contributed by atoms with E-state index in [2.05, 4.69) is 10.1 Å². The number of carbonyl (C=O) groups is 2. The molecule has 0 aromatic rings. The Morgan fingerprint density at radius 3 is 2.67 bits per heavy atom. The van der Waals surface area contributed by atoms with E-state index in [1.165, 1.54) is 7.11 Å². The highest BCUT2D eigenvalue weighted by Crippen LogP contribution is 1.94. The third-order valence-corrected chi connectivity index (χ3v) is 2.02. The van der Waals surface area contributed by atoms with Gasteiger partial charge in [-0.05, 0) is 12.8 Å². The second-order valence-corrected chi connectivity index (χ2v) is 3.37. The van der Waals surface area contributed by atoms with Crippen molar-refractivity contribution in [3.05, 3.63) is 0 Å². The molecule has 0 aliphatic carbocycles. The van der Waals surface area contributed by atoms with Crippen molar-refractivity contribution in [2.45, 2.75) is 38.6 Å². The Bertz CT molecular complexity index is 207. The first kappa shape index (κ1) is 13.9. The number of nitrogens with two attached hydrogens (primary N) is 1. The van der Waals surface area contributed by atoms with Gasteiger partial charge in [0.15, 0.2) is 0 Å². The molecule has 0 aromatic heterocycles. The van der Waals surface area contributed by atoms with E-state index in [-0.39, 0.29) is 11.9 Å². The van der Waals surface area contributed by atoms with E-state index in [4.69, 9.17) is 5.73 Å². The summed E-state index contributed by atoms with van der Waals surface area (Å²) in [7, 11) is 1.35. The molecule has 1 amide bonds. The summed E-state index contributed by atoms with van der Waals surface area (Å²) in [6.45, 7) is 2.44. The van der Waals surface area contributed by atoms with Gasteiger partial charge in [-0.15, -0.1) is 0 Å². The molecule has 0 bridgehead atoms. The maximum absolute atomic E-state index is 11.3.